The highest BCUT2D eigenvalue weighted by Gasteiger charge is 2.16. The minimum atomic E-state index is 1.19. The molecule has 0 N–H and O–H groups in total. The van der Waals surface area contributed by atoms with Crippen LogP contribution in [0.15, 0.2) is 138 Å². The molecule has 0 saturated heterocycles. The molecule has 0 atom stereocenters. The molecule has 0 aliphatic heterocycles. The minimum Gasteiger partial charge on any atom is -0.308 e. The molecule has 0 spiro atoms. The molecule has 7 aromatic carbocycles. The van der Waals surface area contributed by atoms with Gasteiger partial charge < -0.3 is 4.57 Å². The average Bonchev–Trinajstić information content (AvgIpc) is 3.62. The van der Waals surface area contributed by atoms with Gasteiger partial charge in [0.05, 0.1) is 11.0 Å². The smallest absolute Gasteiger partial charge is 0.0648 e. The summed E-state index contributed by atoms with van der Waals surface area (Å²) in [6.07, 6.45) is 0. The molecule has 0 saturated carbocycles. The molecule has 9 aromatic rings. The van der Waals surface area contributed by atoms with Crippen LogP contribution in [0, 0.1) is 0 Å². The molecule has 2 aromatic heterocycles. The Labute approximate surface area is 235 Å². The number of hydrogen-bond donors (Lipinski definition) is 0. The zero-order valence-electron chi connectivity index (χ0n) is 21.6. The number of aromatic nitrogens is 1. The molecular formula is C38H23NS. The first-order valence-corrected chi connectivity index (χ1v) is 14.6. The van der Waals surface area contributed by atoms with Crippen LogP contribution >= 0.6 is 11.3 Å². The van der Waals surface area contributed by atoms with Gasteiger partial charge in [-0.05, 0) is 78.5 Å². The molecule has 1 nitrogen and oxygen atoms in total. The molecule has 9 rings (SSSR count). The Morgan fingerprint density at radius 3 is 1.82 bits per heavy atom. The van der Waals surface area contributed by atoms with Crippen LogP contribution in [0.4, 0.5) is 0 Å². The number of hydrogen-bond acceptors (Lipinski definition) is 1. The monoisotopic (exact) mass is 525 g/mol. The molecule has 0 bridgehead atoms. The fourth-order valence-electron chi connectivity index (χ4n) is 6.70. The van der Waals surface area contributed by atoms with Crippen molar-refractivity contribution in [2.24, 2.45) is 0 Å². The van der Waals surface area contributed by atoms with Gasteiger partial charge in [0.15, 0.2) is 0 Å². The summed E-state index contributed by atoms with van der Waals surface area (Å²) in [6, 6.07) is 46.8. The van der Waals surface area contributed by atoms with Gasteiger partial charge in [0.1, 0.15) is 0 Å². The molecule has 2 heterocycles. The second-order valence-electron chi connectivity index (χ2n) is 10.6. The van der Waals surface area contributed by atoms with Gasteiger partial charge in [-0.25, -0.2) is 0 Å². The Balaban J connectivity index is 1.29. The van der Waals surface area contributed by atoms with Gasteiger partial charge >= 0.3 is 0 Å². The van der Waals surface area contributed by atoms with Crippen molar-refractivity contribution in [3.05, 3.63) is 138 Å². The maximum Gasteiger partial charge on any atom is 0.0648 e. The van der Waals surface area contributed by atoms with Gasteiger partial charge in [-0.1, -0.05) is 103 Å². The van der Waals surface area contributed by atoms with Gasteiger partial charge in [-0.2, -0.15) is 0 Å². The number of rotatable bonds is 2. The van der Waals surface area contributed by atoms with E-state index in [1.54, 1.807) is 11.3 Å². The maximum atomic E-state index is 2.43. The van der Waals surface area contributed by atoms with Gasteiger partial charge in [-0.3, -0.25) is 0 Å². The van der Waals surface area contributed by atoms with E-state index >= 15 is 0 Å². The third-order valence-electron chi connectivity index (χ3n) is 8.48. The second-order valence-corrected chi connectivity index (χ2v) is 11.3. The molecule has 186 valence electrons. The van der Waals surface area contributed by atoms with Crippen molar-refractivity contribution < 1.29 is 0 Å². The topological polar surface area (TPSA) is 4.93 Å². The van der Waals surface area contributed by atoms with Gasteiger partial charge in [0.2, 0.25) is 0 Å². The summed E-state index contributed by atoms with van der Waals surface area (Å²) in [5.74, 6) is 0. The normalized spacial score (nSPS) is 12.0. The van der Waals surface area contributed by atoms with E-state index in [1.165, 1.54) is 81.7 Å². The molecule has 0 fully saturated rings. The maximum absolute atomic E-state index is 2.43. The van der Waals surface area contributed by atoms with E-state index in [0.717, 1.165) is 0 Å². The van der Waals surface area contributed by atoms with Gasteiger partial charge in [0.25, 0.3) is 0 Å². The van der Waals surface area contributed by atoms with E-state index in [-0.39, 0.29) is 0 Å². The Bertz CT molecular complexity index is 2400. The lowest BCUT2D eigenvalue weighted by molar-refractivity contribution is 1.19. The predicted octanol–water partition coefficient (Wildman–Crippen LogP) is 11.1. The molecule has 2 heteroatoms. The van der Waals surface area contributed by atoms with Crippen LogP contribution in [-0.4, -0.2) is 4.57 Å². The largest absolute Gasteiger partial charge is 0.308 e. The highest BCUT2D eigenvalue weighted by molar-refractivity contribution is 7.09. The highest BCUT2D eigenvalue weighted by Crippen LogP contribution is 2.40. The van der Waals surface area contributed by atoms with Crippen molar-refractivity contribution >= 4 is 76.2 Å². The Morgan fingerprint density at radius 1 is 0.400 bits per heavy atom. The quantitative estimate of drug-likeness (QED) is 0.198. The van der Waals surface area contributed by atoms with Crippen LogP contribution in [0.1, 0.15) is 0 Å². The molecule has 0 radical (unpaired) electrons. The molecule has 0 unspecified atom stereocenters. The molecule has 0 amide bonds. The van der Waals surface area contributed by atoms with Crippen LogP contribution in [0.3, 0.4) is 0 Å². The van der Waals surface area contributed by atoms with Gasteiger partial charge in [-0.15, -0.1) is 11.3 Å². The predicted molar refractivity (Wildman–Crippen MR) is 174 cm³/mol. The third-order valence-corrected chi connectivity index (χ3v) is 9.21. The van der Waals surface area contributed by atoms with E-state index in [9.17, 15) is 0 Å². The standard InChI is InChI=1S/C38H23NS/c1-2-11-28-24(8-1)17-19-36-38(28)35-22-40-23-37(35)39(36)27-10-7-9-25(20-27)26-16-18-33-31-14-4-3-12-29(31)30-13-5-6-15-32(30)34(33)21-26/h1-23H. The fourth-order valence-corrected chi connectivity index (χ4v) is 7.50. The number of thiophene rings is 1. The lowest BCUT2D eigenvalue weighted by Gasteiger charge is -2.13. The molecule has 0 aliphatic carbocycles. The summed E-state index contributed by atoms with van der Waals surface area (Å²) in [7, 11) is 0. The second kappa shape index (κ2) is 8.29. The van der Waals surface area contributed by atoms with E-state index in [4.69, 9.17) is 0 Å². The fraction of sp³-hybridized carbons (Fsp3) is 0. The first-order chi connectivity index (χ1) is 19.8. The van der Waals surface area contributed by atoms with Crippen molar-refractivity contribution in [3.8, 4) is 16.8 Å². The summed E-state index contributed by atoms with van der Waals surface area (Å²) >= 11 is 1.77. The third kappa shape index (κ3) is 3.03. The van der Waals surface area contributed by atoms with E-state index in [1.807, 2.05) is 0 Å². The summed E-state index contributed by atoms with van der Waals surface area (Å²) in [4.78, 5) is 0. The number of fused-ring (bicyclic) bond motifs is 11. The van der Waals surface area contributed by atoms with Crippen LogP contribution in [0.5, 0.6) is 0 Å². The van der Waals surface area contributed by atoms with Crippen molar-refractivity contribution in [1.29, 1.82) is 0 Å². The lowest BCUT2D eigenvalue weighted by atomic mass is 9.92. The lowest BCUT2D eigenvalue weighted by Crippen LogP contribution is -1.94. The van der Waals surface area contributed by atoms with E-state index in [0.29, 0.717) is 0 Å². The van der Waals surface area contributed by atoms with E-state index in [2.05, 4.69) is 143 Å². The van der Waals surface area contributed by atoms with Crippen molar-refractivity contribution in [2.75, 3.05) is 0 Å². The van der Waals surface area contributed by atoms with E-state index < -0.39 is 0 Å². The summed E-state index contributed by atoms with van der Waals surface area (Å²) in [5, 5.41) is 17.7. The van der Waals surface area contributed by atoms with Crippen molar-refractivity contribution in [2.45, 2.75) is 0 Å². The van der Waals surface area contributed by atoms with Crippen LogP contribution < -0.4 is 0 Å². The first-order valence-electron chi connectivity index (χ1n) is 13.7. The number of nitrogens with zero attached hydrogens (tertiary/aromatic N) is 1. The number of benzene rings is 7. The summed E-state index contributed by atoms with van der Waals surface area (Å²) in [5.41, 5.74) is 6.17. The molecular weight excluding hydrogens is 502 g/mol. The zero-order chi connectivity index (χ0) is 26.2. The SMILES string of the molecule is c1cc(-c2ccc3c4ccccc4c4ccccc4c3c2)cc(-n2c3cscc3c3c4ccccc4ccc32)c1. The van der Waals surface area contributed by atoms with Crippen LogP contribution in [0.25, 0.3) is 81.7 Å². The zero-order valence-corrected chi connectivity index (χ0v) is 22.5. The van der Waals surface area contributed by atoms with Gasteiger partial charge in [0, 0.05) is 27.2 Å². The van der Waals surface area contributed by atoms with Crippen molar-refractivity contribution in [1.82, 2.24) is 4.57 Å². The minimum absolute atomic E-state index is 1.19. The average molecular weight is 526 g/mol. The Hall–Kier alpha value is -4.92. The van der Waals surface area contributed by atoms with Crippen LogP contribution in [0.2, 0.25) is 0 Å². The molecule has 40 heavy (non-hydrogen) atoms. The molecule has 0 aliphatic rings. The Morgan fingerprint density at radius 2 is 1.05 bits per heavy atom. The van der Waals surface area contributed by atoms with Crippen molar-refractivity contribution in [3.63, 3.8) is 0 Å². The van der Waals surface area contributed by atoms with Crippen LogP contribution in [-0.2, 0) is 0 Å². The summed E-state index contributed by atoms with van der Waals surface area (Å²) in [6.45, 7) is 0. The highest BCUT2D eigenvalue weighted by atomic mass is 32.1. The summed E-state index contributed by atoms with van der Waals surface area (Å²) < 4.78 is 2.43. The Kier molecular flexibility index (Phi) is 4.55. The first kappa shape index (κ1) is 22.0.